The fourth-order valence-electron chi connectivity index (χ4n) is 1.97. The van der Waals surface area contributed by atoms with Crippen LogP contribution in [0.2, 0.25) is 0 Å². The minimum absolute atomic E-state index is 0.0115. The summed E-state index contributed by atoms with van der Waals surface area (Å²) in [5, 5.41) is 10.6. The van der Waals surface area contributed by atoms with Crippen LogP contribution in [0.25, 0.3) is 0 Å². The highest BCUT2D eigenvalue weighted by Crippen LogP contribution is 2.17. The zero-order chi connectivity index (χ0) is 15.4. The van der Waals surface area contributed by atoms with Crippen molar-refractivity contribution in [2.24, 2.45) is 0 Å². The van der Waals surface area contributed by atoms with Crippen LogP contribution in [0.1, 0.15) is 17.4 Å². The number of benzene rings is 1. The molecule has 0 fully saturated rings. The van der Waals surface area contributed by atoms with E-state index in [1.54, 1.807) is 17.0 Å². The van der Waals surface area contributed by atoms with E-state index in [1.807, 2.05) is 6.92 Å². The number of anilines is 1. The van der Waals surface area contributed by atoms with Gasteiger partial charge in [-0.25, -0.2) is 4.39 Å². The molecule has 0 saturated carbocycles. The summed E-state index contributed by atoms with van der Waals surface area (Å²) in [6.07, 6.45) is 1.17. The standard InChI is InChI=1S/C14H14FN3O3/c1-2-17(11-5-3-4-10(15)6-11)9-14(19)13-7-12(8-16-13)18(20)21/h3-8,16H,2,9H2,1H3. The normalized spacial score (nSPS) is 10.4. The van der Waals surface area contributed by atoms with Crippen LogP contribution in [-0.4, -0.2) is 28.8 Å². The van der Waals surface area contributed by atoms with E-state index in [2.05, 4.69) is 4.98 Å². The molecule has 1 N–H and O–H groups in total. The van der Waals surface area contributed by atoms with Crippen molar-refractivity contribution in [2.75, 3.05) is 18.0 Å². The van der Waals surface area contributed by atoms with Gasteiger partial charge in [0.1, 0.15) is 5.82 Å². The predicted molar refractivity (Wildman–Crippen MR) is 76.1 cm³/mol. The second-order valence-corrected chi connectivity index (χ2v) is 4.45. The minimum atomic E-state index is -0.572. The van der Waals surface area contributed by atoms with Gasteiger partial charge in [-0.15, -0.1) is 0 Å². The molecule has 0 atom stereocenters. The highest BCUT2D eigenvalue weighted by Gasteiger charge is 2.17. The monoisotopic (exact) mass is 291 g/mol. The predicted octanol–water partition coefficient (Wildman–Crippen LogP) is 2.77. The lowest BCUT2D eigenvalue weighted by atomic mass is 10.2. The fraction of sp³-hybridized carbons (Fsp3) is 0.214. The first-order chi connectivity index (χ1) is 10.0. The molecule has 1 heterocycles. The Morgan fingerprint density at radius 2 is 2.19 bits per heavy atom. The molecule has 0 radical (unpaired) electrons. The summed E-state index contributed by atoms with van der Waals surface area (Å²) in [6.45, 7) is 2.37. The maximum atomic E-state index is 13.2. The second-order valence-electron chi connectivity index (χ2n) is 4.45. The van der Waals surface area contributed by atoms with Gasteiger partial charge in [-0.3, -0.25) is 14.9 Å². The third kappa shape index (κ3) is 3.44. The first-order valence-corrected chi connectivity index (χ1v) is 6.37. The molecule has 2 rings (SSSR count). The number of halogens is 1. The number of aromatic amines is 1. The lowest BCUT2D eigenvalue weighted by Gasteiger charge is -2.21. The van der Waals surface area contributed by atoms with Crippen LogP contribution < -0.4 is 4.90 Å². The largest absolute Gasteiger partial charge is 0.364 e. The number of likely N-dealkylation sites (N-methyl/N-ethyl adjacent to an activating group) is 1. The average molecular weight is 291 g/mol. The van der Waals surface area contributed by atoms with Crippen LogP contribution >= 0.6 is 0 Å². The van der Waals surface area contributed by atoms with Crippen molar-refractivity contribution < 1.29 is 14.1 Å². The van der Waals surface area contributed by atoms with Crippen LogP contribution in [0.15, 0.2) is 36.5 Å². The van der Waals surface area contributed by atoms with Crippen molar-refractivity contribution in [3.63, 3.8) is 0 Å². The number of hydrogen-bond donors (Lipinski definition) is 1. The van der Waals surface area contributed by atoms with Gasteiger partial charge >= 0.3 is 0 Å². The molecule has 21 heavy (non-hydrogen) atoms. The Labute approximate surface area is 120 Å². The van der Waals surface area contributed by atoms with Gasteiger partial charge in [0, 0.05) is 18.3 Å². The summed E-state index contributed by atoms with van der Waals surface area (Å²) in [6, 6.07) is 7.14. The maximum absolute atomic E-state index is 13.2. The van der Waals surface area contributed by atoms with Gasteiger partial charge in [-0.05, 0) is 25.1 Å². The van der Waals surface area contributed by atoms with Crippen molar-refractivity contribution in [1.29, 1.82) is 0 Å². The Balaban J connectivity index is 2.14. The van der Waals surface area contributed by atoms with Gasteiger partial charge in [0.05, 0.1) is 23.4 Å². The Bertz CT molecular complexity index is 669. The molecule has 0 aliphatic carbocycles. The number of H-pyrrole nitrogens is 1. The molecule has 0 amide bonds. The number of hydrogen-bond acceptors (Lipinski definition) is 4. The van der Waals surface area contributed by atoms with Crippen LogP contribution in [0.5, 0.6) is 0 Å². The topological polar surface area (TPSA) is 79.2 Å². The van der Waals surface area contributed by atoms with E-state index >= 15 is 0 Å². The summed E-state index contributed by atoms with van der Waals surface area (Å²) in [4.78, 5) is 26.4. The van der Waals surface area contributed by atoms with Crippen molar-refractivity contribution >= 4 is 17.2 Å². The van der Waals surface area contributed by atoms with Crippen LogP contribution in [0.4, 0.5) is 15.8 Å². The van der Waals surface area contributed by atoms with E-state index in [9.17, 15) is 19.3 Å². The lowest BCUT2D eigenvalue weighted by molar-refractivity contribution is -0.384. The van der Waals surface area contributed by atoms with Gasteiger partial charge in [0.25, 0.3) is 5.69 Å². The molecule has 0 aliphatic heterocycles. The molecule has 2 aromatic rings. The maximum Gasteiger partial charge on any atom is 0.287 e. The lowest BCUT2D eigenvalue weighted by Crippen LogP contribution is -2.29. The van der Waals surface area contributed by atoms with E-state index in [0.29, 0.717) is 12.2 Å². The molecular formula is C14H14FN3O3. The molecule has 7 heteroatoms. The molecule has 1 aromatic heterocycles. The Morgan fingerprint density at radius 1 is 1.43 bits per heavy atom. The highest BCUT2D eigenvalue weighted by molar-refractivity contribution is 5.98. The summed E-state index contributed by atoms with van der Waals surface area (Å²) in [5.41, 5.74) is 0.593. The zero-order valence-electron chi connectivity index (χ0n) is 11.4. The molecule has 0 unspecified atom stereocenters. The molecule has 0 spiro atoms. The van der Waals surface area contributed by atoms with E-state index in [1.165, 1.54) is 24.4 Å². The van der Waals surface area contributed by atoms with Crippen molar-refractivity contribution in [3.05, 3.63) is 58.2 Å². The van der Waals surface area contributed by atoms with Crippen molar-refractivity contribution in [1.82, 2.24) is 4.98 Å². The average Bonchev–Trinajstić information content (AvgIpc) is 2.94. The van der Waals surface area contributed by atoms with Crippen LogP contribution in [-0.2, 0) is 0 Å². The van der Waals surface area contributed by atoms with Gasteiger partial charge in [-0.1, -0.05) is 6.07 Å². The van der Waals surface area contributed by atoms with Gasteiger partial charge < -0.3 is 9.88 Å². The third-order valence-corrected chi connectivity index (χ3v) is 3.07. The minimum Gasteiger partial charge on any atom is -0.364 e. The Kier molecular flexibility index (Phi) is 4.32. The Hall–Kier alpha value is -2.70. The number of nitrogens with zero attached hydrogens (tertiary/aromatic N) is 2. The number of Topliss-reactive ketones (excluding diaryl/α,β-unsaturated/α-hetero) is 1. The molecule has 0 saturated heterocycles. The molecular weight excluding hydrogens is 277 g/mol. The zero-order valence-corrected chi connectivity index (χ0v) is 11.4. The third-order valence-electron chi connectivity index (χ3n) is 3.07. The number of nitro groups is 1. The van der Waals surface area contributed by atoms with Gasteiger partial charge in [0.2, 0.25) is 0 Å². The highest BCUT2D eigenvalue weighted by atomic mass is 19.1. The summed E-state index contributed by atoms with van der Waals surface area (Å²) < 4.78 is 13.2. The number of carbonyl (C=O) groups is 1. The molecule has 0 aliphatic rings. The number of nitrogens with one attached hydrogen (secondary N) is 1. The van der Waals surface area contributed by atoms with E-state index in [-0.39, 0.29) is 29.5 Å². The SMILES string of the molecule is CCN(CC(=O)c1cc([N+](=O)[O-])c[nH]1)c1cccc(F)c1. The van der Waals surface area contributed by atoms with Gasteiger partial charge in [-0.2, -0.15) is 0 Å². The number of ketones is 1. The molecule has 110 valence electrons. The number of carbonyl (C=O) groups excluding carboxylic acids is 1. The van der Waals surface area contributed by atoms with E-state index in [4.69, 9.17) is 0 Å². The summed E-state index contributed by atoms with van der Waals surface area (Å²) in [7, 11) is 0. The van der Waals surface area contributed by atoms with E-state index in [0.717, 1.165) is 0 Å². The summed E-state index contributed by atoms with van der Waals surface area (Å²) in [5.74, 6) is -0.678. The number of aromatic nitrogens is 1. The first-order valence-electron chi connectivity index (χ1n) is 6.37. The molecule has 6 nitrogen and oxygen atoms in total. The van der Waals surface area contributed by atoms with Crippen molar-refractivity contribution in [2.45, 2.75) is 6.92 Å². The number of rotatable bonds is 6. The molecule has 0 bridgehead atoms. The van der Waals surface area contributed by atoms with Gasteiger partial charge in [0.15, 0.2) is 5.78 Å². The van der Waals surface area contributed by atoms with Crippen LogP contribution in [0, 0.1) is 15.9 Å². The quantitative estimate of drug-likeness (QED) is 0.504. The first kappa shape index (κ1) is 14.7. The van der Waals surface area contributed by atoms with Crippen molar-refractivity contribution in [3.8, 4) is 0 Å². The Morgan fingerprint density at radius 3 is 2.76 bits per heavy atom. The fourth-order valence-corrected chi connectivity index (χ4v) is 1.97. The van der Waals surface area contributed by atoms with E-state index < -0.39 is 4.92 Å². The summed E-state index contributed by atoms with van der Waals surface area (Å²) >= 11 is 0. The smallest absolute Gasteiger partial charge is 0.287 e. The molecule has 1 aromatic carbocycles. The van der Waals surface area contributed by atoms with Crippen LogP contribution in [0.3, 0.4) is 0 Å². The second kappa shape index (κ2) is 6.17.